The molecule has 0 aliphatic heterocycles. The maximum atomic E-state index is 13.2. The van der Waals surface area contributed by atoms with Crippen molar-refractivity contribution in [2.24, 2.45) is 0 Å². The van der Waals surface area contributed by atoms with Gasteiger partial charge in [-0.1, -0.05) is 22.9 Å². The number of hydrogen-bond acceptors (Lipinski definition) is 5. The molecule has 1 aromatic heterocycles. The highest BCUT2D eigenvalue weighted by Crippen LogP contribution is 2.27. The number of nitrogens with zero attached hydrogens (tertiary/aromatic N) is 1. The number of rotatable bonds is 5. The first-order chi connectivity index (χ1) is 13.2. The maximum absolute atomic E-state index is 13.2. The average Bonchev–Trinajstić information content (AvgIpc) is 2.98. The highest BCUT2D eigenvalue weighted by Gasteiger charge is 2.20. The molecule has 0 aliphatic carbocycles. The van der Waals surface area contributed by atoms with E-state index in [0.29, 0.717) is 5.69 Å². The zero-order chi connectivity index (χ0) is 20.5. The summed E-state index contributed by atoms with van der Waals surface area (Å²) in [7, 11) is -3.99. The molecule has 2 N–H and O–H groups in total. The third-order valence-electron chi connectivity index (χ3n) is 3.53. The molecule has 6 nitrogen and oxygen atoms in total. The fourth-order valence-electron chi connectivity index (χ4n) is 2.20. The summed E-state index contributed by atoms with van der Waals surface area (Å²) in [5.74, 6) is -1.74. The number of nitrogens with one attached hydrogen (secondary N) is 2. The van der Waals surface area contributed by atoms with Crippen molar-refractivity contribution in [3.8, 4) is 0 Å². The average molecular weight is 444 g/mol. The third kappa shape index (κ3) is 4.46. The van der Waals surface area contributed by atoms with Gasteiger partial charge in [-0.05, 0) is 49.4 Å². The van der Waals surface area contributed by atoms with E-state index >= 15 is 0 Å². The molecule has 1 amide bonds. The van der Waals surface area contributed by atoms with Gasteiger partial charge in [-0.3, -0.25) is 9.52 Å². The lowest BCUT2D eigenvalue weighted by atomic mass is 10.3. The van der Waals surface area contributed by atoms with Crippen molar-refractivity contribution in [1.29, 1.82) is 0 Å². The van der Waals surface area contributed by atoms with Crippen LogP contribution in [0.25, 0.3) is 0 Å². The second-order valence-corrected chi connectivity index (χ2v) is 8.66. The number of carbonyl (C=O) groups is 1. The summed E-state index contributed by atoms with van der Waals surface area (Å²) in [4.78, 5) is 16.5. The first kappa shape index (κ1) is 20.2. The number of halogens is 3. The highest BCUT2D eigenvalue weighted by atomic mass is 35.5. The fraction of sp³-hybridized carbons (Fsp3) is 0.0588. The molecule has 0 unspecified atom stereocenters. The Morgan fingerprint density at radius 1 is 1.14 bits per heavy atom. The number of aromatic nitrogens is 1. The van der Waals surface area contributed by atoms with E-state index < -0.39 is 27.6 Å². The van der Waals surface area contributed by atoms with Crippen LogP contribution in [0.5, 0.6) is 0 Å². The van der Waals surface area contributed by atoms with Gasteiger partial charge in [-0.15, -0.1) is 0 Å². The lowest BCUT2D eigenvalue weighted by Crippen LogP contribution is -2.12. The summed E-state index contributed by atoms with van der Waals surface area (Å²) in [6.07, 6.45) is 0. The van der Waals surface area contributed by atoms with Crippen molar-refractivity contribution in [3.05, 3.63) is 69.7 Å². The van der Waals surface area contributed by atoms with Gasteiger partial charge in [0.05, 0.1) is 15.6 Å². The van der Waals surface area contributed by atoms with Crippen molar-refractivity contribution < 1.29 is 22.0 Å². The molecule has 11 heteroatoms. The summed E-state index contributed by atoms with van der Waals surface area (Å²) >= 11 is 6.51. The summed E-state index contributed by atoms with van der Waals surface area (Å²) in [5, 5.41) is 2.37. The predicted octanol–water partition coefficient (Wildman–Crippen LogP) is 4.44. The van der Waals surface area contributed by atoms with Crippen molar-refractivity contribution in [2.45, 2.75) is 11.8 Å². The molecule has 0 fully saturated rings. The van der Waals surface area contributed by atoms with Crippen molar-refractivity contribution >= 4 is 49.7 Å². The fourth-order valence-corrected chi connectivity index (χ4v) is 4.48. The number of benzene rings is 2. The van der Waals surface area contributed by atoms with Gasteiger partial charge < -0.3 is 5.32 Å². The van der Waals surface area contributed by atoms with Crippen LogP contribution in [0, 0.1) is 18.6 Å². The Bertz CT molecular complexity index is 1150. The van der Waals surface area contributed by atoms with Gasteiger partial charge in [0.1, 0.15) is 16.5 Å². The lowest BCUT2D eigenvalue weighted by Gasteiger charge is -2.05. The Kier molecular flexibility index (Phi) is 5.64. The topological polar surface area (TPSA) is 88.2 Å². The third-order valence-corrected chi connectivity index (χ3v) is 6.37. The second kappa shape index (κ2) is 7.82. The SMILES string of the molecule is Cc1nc(NS(=O)(=O)c2ccc(F)cc2)sc1C(=O)Nc1ccc(F)c(Cl)c1. The van der Waals surface area contributed by atoms with Crippen LogP contribution in [0.15, 0.2) is 47.4 Å². The summed E-state index contributed by atoms with van der Waals surface area (Å²) in [6.45, 7) is 1.54. The molecule has 3 rings (SSSR count). The number of hydrogen-bond donors (Lipinski definition) is 2. The molecule has 0 bridgehead atoms. The van der Waals surface area contributed by atoms with Gasteiger partial charge in [0, 0.05) is 5.69 Å². The Balaban J connectivity index is 1.79. The van der Waals surface area contributed by atoms with E-state index in [1.54, 1.807) is 6.92 Å². The zero-order valence-corrected chi connectivity index (χ0v) is 16.6. The van der Waals surface area contributed by atoms with Gasteiger partial charge in [0.25, 0.3) is 15.9 Å². The number of carbonyl (C=O) groups excluding carboxylic acids is 1. The molecule has 0 radical (unpaired) electrons. The molecule has 0 atom stereocenters. The molecule has 146 valence electrons. The summed E-state index contributed by atoms with van der Waals surface area (Å²) in [6, 6.07) is 7.98. The van der Waals surface area contributed by atoms with E-state index in [9.17, 15) is 22.0 Å². The number of amides is 1. The zero-order valence-electron chi connectivity index (χ0n) is 14.2. The number of aryl methyl sites for hydroxylation is 1. The minimum atomic E-state index is -3.99. The van der Waals surface area contributed by atoms with Crippen LogP contribution in [0.2, 0.25) is 5.02 Å². The largest absolute Gasteiger partial charge is 0.321 e. The maximum Gasteiger partial charge on any atom is 0.267 e. The van der Waals surface area contributed by atoms with E-state index in [1.807, 2.05) is 0 Å². The standard InChI is InChI=1S/C17H12ClF2N3O3S2/c1-9-15(16(24)22-11-4-7-14(20)13(18)8-11)27-17(21-9)23-28(25,26)12-5-2-10(19)3-6-12/h2-8H,1H3,(H,21,23)(H,22,24). The smallest absolute Gasteiger partial charge is 0.267 e. The number of anilines is 2. The molecule has 1 heterocycles. The van der Waals surface area contributed by atoms with E-state index in [1.165, 1.54) is 12.1 Å². The first-order valence-corrected chi connectivity index (χ1v) is 10.4. The Labute approximate surface area is 168 Å². The van der Waals surface area contributed by atoms with Crippen LogP contribution in [0.3, 0.4) is 0 Å². The van der Waals surface area contributed by atoms with Crippen LogP contribution in [0.4, 0.5) is 19.6 Å². The van der Waals surface area contributed by atoms with Gasteiger partial charge in [-0.25, -0.2) is 22.2 Å². The predicted molar refractivity (Wildman–Crippen MR) is 103 cm³/mol. The van der Waals surface area contributed by atoms with Crippen molar-refractivity contribution in [1.82, 2.24) is 4.98 Å². The van der Waals surface area contributed by atoms with Crippen LogP contribution in [0.1, 0.15) is 15.4 Å². The Hall–Kier alpha value is -2.56. The van der Waals surface area contributed by atoms with Crippen LogP contribution in [-0.2, 0) is 10.0 Å². The monoisotopic (exact) mass is 443 g/mol. The molecular formula is C17H12ClF2N3O3S2. The van der Waals surface area contributed by atoms with E-state index in [2.05, 4.69) is 15.0 Å². The Morgan fingerprint density at radius 3 is 2.46 bits per heavy atom. The van der Waals surface area contributed by atoms with Crippen molar-refractivity contribution in [3.63, 3.8) is 0 Å². The molecule has 28 heavy (non-hydrogen) atoms. The van der Waals surface area contributed by atoms with Crippen LogP contribution < -0.4 is 10.0 Å². The number of thiazole rings is 1. The minimum Gasteiger partial charge on any atom is -0.321 e. The minimum absolute atomic E-state index is 0.0240. The molecule has 0 saturated heterocycles. The molecule has 3 aromatic rings. The van der Waals surface area contributed by atoms with Gasteiger partial charge in [0.2, 0.25) is 0 Å². The first-order valence-electron chi connectivity index (χ1n) is 7.68. The molecule has 0 aliphatic rings. The lowest BCUT2D eigenvalue weighted by molar-refractivity contribution is 0.103. The Morgan fingerprint density at radius 2 is 1.82 bits per heavy atom. The molecule has 0 spiro atoms. The summed E-state index contributed by atoms with van der Waals surface area (Å²) < 4.78 is 53.1. The van der Waals surface area contributed by atoms with Gasteiger partial charge >= 0.3 is 0 Å². The van der Waals surface area contributed by atoms with E-state index in [-0.39, 0.29) is 25.6 Å². The highest BCUT2D eigenvalue weighted by molar-refractivity contribution is 7.93. The molecular weight excluding hydrogens is 432 g/mol. The molecule has 0 saturated carbocycles. The van der Waals surface area contributed by atoms with E-state index in [4.69, 9.17) is 11.6 Å². The normalized spacial score (nSPS) is 11.3. The van der Waals surface area contributed by atoms with Crippen LogP contribution >= 0.6 is 22.9 Å². The van der Waals surface area contributed by atoms with Gasteiger partial charge in [0.15, 0.2) is 5.13 Å². The quantitative estimate of drug-likeness (QED) is 0.610. The van der Waals surface area contributed by atoms with Gasteiger partial charge in [-0.2, -0.15) is 0 Å². The summed E-state index contributed by atoms with van der Waals surface area (Å²) in [5.41, 5.74) is 0.574. The second-order valence-electron chi connectivity index (χ2n) is 5.58. The number of sulfonamides is 1. The molecule has 2 aromatic carbocycles. The van der Waals surface area contributed by atoms with E-state index in [0.717, 1.165) is 41.7 Å². The van der Waals surface area contributed by atoms with Crippen molar-refractivity contribution in [2.75, 3.05) is 10.0 Å². The van der Waals surface area contributed by atoms with Crippen LogP contribution in [-0.4, -0.2) is 19.3 Å².